The SMILES string of the molecule is Cc1csc(C(=O)N2C[C@@H]3CN(C(=O)c4cscn4)CCO[C@@H]3C2)c1. The van der Waals surface area contributed by atoms with Crippen LogP contribution in [0.25, 0.3) is 0 Å². The summed E-state index contributed by atoms with van der Waals surface area (Å²) in [5.41, 5.74) is 3.27. The minimum Gasteiger partial charge on any atom is -0.374 e. The lowest BCUT2D eigenvalue weighted by molar-refractivity contribution is 0.0478. The number of rotatable bonds is 2. The molecule has 4 rings (SSSR count). The van der Waals surface area contributed by atoms with Crippen LogP contribution in [0.15, 0.2) is 22.3 Å². The Hall–Kier alpha value is -1.77. The van der Waals surface area contributed by atoms with Gasteiger partial charge >= 0.3 is 0 Å². The van der Waals surface area contributed by atoms with Crippen molar-refractivity contribution in [2.45, 2.75) is 13.0 Å². The van der Waals surface area contributed by atoms with Crippen molar-refractivity contribution in [3.8, 4) is 0 Å². The molecule has 0 bridgehead atoms. The third-order valence-electron chi connectivity index (χ3n) is 4.70. The normalized spacial score (nSPS) is 23.4. The van der Waals surface area contributed by atoms with Gasteiger partial charge in [0.05, 0.1) is 23.1 Å². The first-order chi connectivity index (χ1) is 12.1. The number of fused-ring (bicyclic) bond motifs is 1. The molecular weight excluding hydrogens is 358 g/mol. The van der Waals surface area contributed by atoms with Gasteiger partial charge in [-0.25, -0.2) is 4.98 Å². The molecule has 2 amide bonds. The zero-order valence-electron chi connectivity index (χ0n) is 13.9. The molecule has 0 N–H and O–H groups in total. The fraction of sp³-hybridized carbons (Fsp3) is 0.471. The molecule has 0 aromatic carbocycles. The van der Waals surface area contributed by atoms with Crippen LogP contribution in [-0.2, 0) is 4.74 Å². The summed E-state index contributed by atoms with van der Waals surface area (Å²) in [4.78, 5) is 33.8. The first-order valence-corrected chi connectivity index (χ1v) is 10.1. The van der Waals surface area contributed by atoms with E-state index >= 15 is 0 Å². The summed E-state index contributed by atoms with van der Waals surface area (Å²) in [7, 11) is 0. The van der Waals surface area contributed by atoms with Crippen LogP contribution in [-0.4, -0.2) is 65.5 Å². The highest BCUT2D eigenvalue weighted by Gasteiger charge is 2.40. The molecule has 2 aromatic heterocycles. The molecule has 0 aliphatic carbocycles. The number of hydrogen-bond acceptors (Lipinski definition) is 6. The third-order valence-corrected chi connectivity index (χ3v) is 6.32. The Morgan fingerprint density at radius 2 is 2.04 bits per heavy atom. The quantitative estimate of drug-likeness (QED) is 0.804. The fourth-order valence-corrected chi connectivity index (χ4v) is 4.81. The first kappa shape index (κ1) is 16.7. The molecule has 132 valence electrons. The number of thiazole rings is 1. The molecule has 4 heterocycles. The first-order valence-electron chi connectivity index (χ1n) is 8.25. The Morgan fingerprint density at radius 3 is 2.76 bits per heavy atom. The summed E-state index contributed by atoms with van der Waals surface area (Å²) in [6.07, 6.45) is -0.00163. The molecule has 2 fully saturated rings. The second-order valence-electron chi connectivity index (χ2n) is 6.49. The maximum Gasteiger partial charge on any atom is 0.273 e. The predicted octanol–water partition coefficient (Wildman–Crippen LogP) is 2.13. The monoisotopic (exact) mass is 377 g/mol. The Bertz CT molecular complexity index is 774. The summed E-state index contributed by atoms with van der Waals surface area (Å²) >= 11 is 2.90. The minimum absolute atomic E-state index is 0.00163. The fourth-order valence-electron chi connectivity index (χ4n) is 3.42. The number of ether oxygens (including phenoxy) is 1. The molecule has 0 spiro atoms. The van der Waals surface area contributed by atoms with Crippen molar-refractivity contribution < 1.29 is 14.3 Å². The van der Waals surface area contributed by atoms with E-state index in [9.17, 15) is 9.59 Å². The van der Waals surface area contributed by atoms with Crippen molar-refractivity contribution in [2.24, 2.45) is 5.92 Å². The van der Waals surface area contributed by atoms with Gasteiger partial charge in [0.1, 0.15) is 5.69 Å². The average Bonchev–Trinajstić information content (AvgIpc) is 3.33. The van der Waals surface area contributed by atoms with E-state index in [2.05, 4.69) is 4.98 Å². The van der Waals surface area contributed by atoms with Crippen LogP contribution in [0.3, 0.4) is 0 Å². The number of aryl methyl sites for hydroxylation is 1. The molecule has 0 radical (unpaired) electrons. The minimum atomic E-state index is -0.0517. The molecule has 2 saturated heterocycles. The van der Waals surface area contributed by atoms with Gasteiger partial charge in [-0.15, -0.1) is 22.7 Å². The summed E-state index contributed by atoms with van der Waals surface area (Å²) in [6, 6.07) is 1.93. The summed E-state index contributed by atoms with van der Waals surface area (Å²) in [5.74, 6) is 0.159. The summed E-state index contributed by atoms with van der Waals surface area (Å²) in [5, 5.41) is 3.77. The number of nitrogens with zero attached hydrogens (tertiary/aromatic N) is 3. The van der Waals surface area contributed by atoms with Crippen molar-refractivity contribution in [1.29, 1.82) is 0 Å². The van der Waals surface area contributed by atoms with Crippen molar-refractivity contribution in [2.75, 3.05) is 32.8 Å². The third kappa shape index (κ3) is 3.33. The average molecular weight is 377 g/mol. The van der Waals surface area contributed by atoms with Crippen molar-refractivity contribution in [3.05, 3.63) is 38.5 Å². The molecule has 25 heavy (non-hydrogen) atoms. The summed E-state index contributed by atoms with van der Waals surface area (Å²) < 4.78 is 5.94. The van der Waals surface area contributed by atoms with E-state index in [4.69, 9.17) is 4.74 Å². The van der Waals surface area contributed by atoms with E-state index in [0.29, 0.717) is 38.5 Å². The van der Waals surface area contributed by atoms with Gasteiger partial charge in [0.25, 0.3) is 11.8 Å². The highest BCUT2D eigenvalue weighted by Crippen LogP contribution is 2.27. The van der Waals surface area contributed by atoms with E-state index < -0.39 is 0 Å². The molecule has 6 nitrogen and oxygen atoms in total. The Kier molecular flexibility index (Phi) is 4.58. The topological polar surface area (TPSA) is 62.7 Å². The van der Waals surface area contributed by atoms with Crippen LogP contribution in [0.5, 0.6) is 0 Å². The molecule has 2 aromatic rings. The van der Waals surface area contributed by atoms with Crippen LogP contribution < -0.4 is 0 Å². The largest absolute Gasteiger partial charge is 0.374 e. The second kappa shape index (κ2) is 6.86. The zero-order valence-corrected chi connectivity index (χ0v) is 15.5. The van der Waals surface area contributed by atoms with Crippen molar-refractivity contribution in [3.63, 3.8) is 0 Å². The Labute approximate surface area is 154 Å². The smallest absolute Gasteiger partial charge is 0.273 e. The van der Waals surface area contributed by atoms with E-state index in [1.165, 1.54) is 22.7 Å². The van der Waals surface area contributed by atoms with Crippen molar-refractivity contribution in [1.82, 2.24) is 14.8 Å². The maximum absolute atomic E-state index is 12.7. The van der Waals surface area contributed by atoms with Crippen LogP contribution >= 0.6 is 22.7 Å². The number of likely N-dealkylation sites (tertiary alicyclic amines) is 1. The molecule has 2 aliphatic rings. The maximum atomic E-state index is 12.7. The lowest BCUT2D eigenvalue weighted by Crippen LogP contribution is -2.38. The van der Waals surface area contributed by atoms with Gasteiger partial charge in [-0.2, -0.15) is 0 Å². The molecular formula is C17H19N3O3S2. The molecule has 2 aliphatic heterocycles. The number of amides is 2. The molecule has 8 heteroatoms. The number of aromatic nitrogens is 1. The number of carbonyl (C=O) groups is 2. The summed E-state index contributed by atoms with van der Waals surface area (Å²) in [6.45, 7) is 4.89. The zero-order chi connectivity index (χ0) is 17.4. The van der Waals surface area contributed by atoms with Crippen LogP contribution in [0.2, 0.25) is 0 Å². The molecule has 2 atom stereocenters. The van der Waals surface area contributed by atoms with Gasteiger partial charge in [0.2, 0.25) is 0 Å². The number of hydrogen-bond donors (Lipinski definition) is 0. The standard InChI is InChI=1S/C17H19N3O3S2/c1-11-4-15(25-8-11)17(22)20-6-12-5-19(2-3-23-14(12)7-20)16(21)13-9-24-10-18-13/h4,8-10,12,14H,2-3,5-7H2,1H3/t12-,14+/m0/s1. The second-order valence-corrected chi connectivity index (χ2v) is 8.12. The van der Waals surface area contributed by atoms with Gasteiger partial charge in [0.15, 0.2) is 0 Å². The van der Waals surface area contributed by atoms with Gasteiger partial charge in [-0.3, -0.25) is 9.59 Å². The lowest BCUT2D eigenvalue weighted by atomic mass is 10.1. The predicted molar refractivity (Wildman–Crippen MR) is 96.2 cm³/mol. The highest BCUT2D eigenvalue weighted by atomic mass is 32.1. The van der Waals surface area contributed by atoms with Gasteiger partial charge in [-0.05, 0) is 23.9 Å². The van der Waals surface area contributed by atoms with Crippen LogP contribution in [0, 0.1) is 12.8 Å². The highest BCUT2D eigenvalue weighted by molar-refractivity contribution is 7.12. The number of carbonyl (C=O) groups excluding carboxylic acids is 2. The molecule has 0 unspecified atom stereocenters. The Balaban J connectivity index is 1.45. The van der Waals surface area contributed by atoms with Crippen LogP contribution in [0.1, 0.15) is 25.7 Å². The van der Waals surface area contributed by atoms with E-state index in [-0.39, 0.29) is 23.8 Å². The van der Waals surface area contributed by atoms with E-state index in [1.54, 1.807) is 10.9 Å². The van der Waals surface area contributed by atoms with Crippen molar-refractivity contribution >= 4 is 34.5 Å². The Morgan fingerprint density at radius 1 is 1.20 bits per heavy atom. The van der Waals surface area contributed by atoms with Gasteiger partial charge < -0.3 is 14.5 Å². The van der Waals surface area contributed by atoms with E-state index in [1.807, 2.05) is 28.2 Å². The van der Waals surface area contributed by atoms with Crippen LogP contribution in [0.4, 0.5) is 0 Å². The number of thiophene rings is 1. The van der Waals surface area contributed by atoms with Gasteiger partial charge in [0, 0.05) is 37.5 Å². The van der Waals surface area contributed by atoms with E-state index in [0.717, 1.165) is 10.4 Å². The lowest BCUT2D eigenvalue weighted by Gasteiger charge is -2.22. The van der Waals surface area contributed by atoms with Gasteiger partial charge in [-0.1, -0.05) is 0 Å². The molecule has 0 saturated carbocycles.